The SMILES string of the molecule is CC(CNC(=O)C1CC2CCCC(C1)C2N)N1CCN(C)CC1. The molecule has 2 bridgehead atoms. The van der Waals surface area contributed by atoms with Crippen molar-refractivity contribution >= 4 is 5.91 Å². The molecule has 3 N–H and O–H groups in total. The van der Waals surface area contributed by atoms with E-state index in [9.17, 15) is 4.79 Å². The third kappa shape index (κ3) is 4.06. The quantitative estimate of drug-likeness (QED) is 0.807. The van der Waals surface area contributed by atoms with E-state index in [4.69, 9.17) is 5.73 Å². The van der Waals surface area contributed by atoms with Crippen LogP contribution >= 0.6 is 0 Å². The maximum atomic E-state index is 12.6. The first-order chi connectivity index (χ1) is 11.0. The highest BCUT2D eigenvalue weighted by molar-refractivity contribution is 5.78. The molecule has 1 heterocycles. The maximum absolute atomic E-state index is 12.6. The summed E-state index contributed by atoms with van der Waals surface area (Å²) in [6, 6.07) is 0.773. The van der Waals surface area contributed by atoms with Gasteiger partial charge in [-0.2, -0.15) is 0 Å². The van der Waals surface area contributed by atoms with Crippen molar-refractivity contribution in [3.63, 3.8) is 0 Å². The third-order valence-corrected chi connectivity index (χ3v) is 6.52. The van der Waals surface area contributed by atoms with Crippen molar-refractivity contribution in [2.75, 3.05) is 39.8 Å². The van der Waals surface area contributed by atoms with E-state index in [1.54, 1.807) is 0 Å². The number of piperazine rings is 1. The molecular formula is C18H34N4O. The molecule has 3 unspecified atom stereocenters. The van der Waals surface area contributed by atoms with Crippen molar-refractivity contribution in [2.24, 2.45) is 23.5 Å². The van der Waals surface area contributed by atoms with Crippen LogP contribution in [0.5, 0.6) is 0 Å². The van der Waals surface area contributed by atoms with Crippen molar-refractivity contribution in [1.29, 1.82) is 0 Å². The largest absolute Gasteiger partial charge is 0.354 e. The van der Waals surface area contributed by atoms with Gasteiger partial charge in [0.1, 0.15) is 0 Å². The lowest BCUT2D eigenvalue weighted by molar-refractivity contribution is -0.128. The first-order valence-electron chi connectivity index (χ1n) is 9.50. The minimum atomic E-state index is 0.199. The van der Waals surface area contributed by atoms with Crippen LogP contribution in [0.25, 0.3) is 0 Å². The molecule has 0 aromatic rings. The molecule has 0 radical (unpaired) electrons. The highest BCUT2D eigenvalue weighted by atomic mass is 16.1. The Morgan fingerprint density at radius 1 is 1.17 bits per heavy atom. The molecule has 1 saturated heterocycles. The van der Waals surface area contributed by atoms with E-state index in [1.165, 1.54) is 19.3 Å². The molecule has 3 fully saturated rings. The molecule has 3 aliphatic rings. The number of likely N-dealkylation sites (N-methyl/N-ethyl adjacent to an activating group) is 1. The van der Waals surface area contributed by atoms with Gasteiger partial charge in [-0.15, -0.1) is 0 Å². The summed E-state index contributed by atoms with van der Waals surface area (Å²) in [5.41, 5.74) is 6.34. The van der Waals surface area contributed by atoms with Gasteiger partial charge in [0, 0.05) is 50.7 Å². The zero-order chi connectivity index (χ0) is 16.4. The lowest BCUT2D eigenvalue weighted by atomic mass is 9.65. The predicted molar refractivity (Wildman–Crippen MR) is 93.1 cm³/mol. The average Bonchev–Trinajstić information content (AvgIpc) is 2.52. The maximum Gasteiger partial charge on any atom is 0.223 e. The number of hydrogen-bond acceptors (Lipinski definition) is 4. The fourth-order valence-electron chi connectivity index (χ4n) is 4.79. The second kappa shape index (κ2) is 7.49. The summed E-state index contributed by atoms with van der Waals surface area (Å²) >= 11 is 0. The Bertz CT molecular complexity index is 394. The van der Waals surface area contributed by atoms with Gasteiger partial charge >= 0.3 is 0 Å². The van der Waals surface area contributed by atoms with Gasteiger partial charge in [0.05, 0.1) is 0 Å². The predicted octanol–water partition coefficient (Wildman–Crippen LogP) is 0.892. The van der Waals surface area contributed by atoms with E-state index >= 15 is 0 Å². The molecule has 5 nitrogen and oxygen atoms in total. The van der Waals surface area contributed by atoms with E-state index < -0.39 is 0 Å². The van der Waals surface area contributed by atoms with Gasteiger partial charge in [0.15, 0.2) is 0 Å². The number of carbonyl (C=O) groups is 1. The molecule has 1 aliphatic heterocycles. The molecule has 2 aliphatic carbocycles. The Morgan fingerprint density at radius 2 is 1.78 bits per heavy atom. The number of fused-ring (bicyclic) bond motifs is 2. The molecule has 0 spiro atoms. The number of nitrogens with zero attached hydrogens (tertiary/aromatic N) is 2. The monoisotopic (exact) mass is 322 g/mol. The molecule has 0 aromatic heterocycles. The summed E-state index contributed by atoms with van der Waals surface area (Å²) in [4.78, 5) is 17.5. The molecule has 2 saturated carbocycles. The fourth-order valence-corrected chi connectivity index (χ4v) is 4.79. The third-order valence-electron chi connectivity index (χ3n) is 6.52. The first-order valence-corrected chi connectivity index (χ1v) is 9.50. The smallest absolute Gasteiger partial charge is 0.223 e. The van der Waals surface area contributed by atoms with Crippen LogP contribution in [-0.4, -0.2) is 67.6 Å². The van der Waals surface area contributed by atoms with Crippen molar-refractivity contribution < 1.29 is 4.79 Å². The molecule has 23 heavy (non-hydrogen) atoms. The summed E-state index contributed by atoms with van der Waals surface area (Å²) in [5.74, 6) is 1.63. The average molecular weight is 322 g/mol. The summed E-state index contributed by atoms with van der Waals surface area (Å²) in [5, 5.41) is 3.23. The van der Waals surface area contributed by atoms with Crippen LogP contribution in [0.2, 0.25) is 0 Å². The highest BCUT2D eigenvalue weighted by Crippen LogP contribution is 2.41. The van der Waals surface area contributed by atoms with Gasteiger partial charge in [-0.3, -0.25) is 9.69 Å². The number of nitrogens with two attached hydrogens (primary N) is 1. The van der Waals surface area contributed by atoms with Crippen LogP contribution in [0.4, 0.5) is 0 Å². The molecule has 3 rings (SSSR count). The van der Waals surface area contributed by atoms with E-state index in [-0.39, 0.29) is 11.8 Å². The van der Waals surface area contributed by atoms with Crippen molar-refractivity contribution in [3.05, 3.63) is 0 Å². The summed E-state index contributed by atoms with van der Waals surface area (Å²) in [6.45, 7) is 7.48. The zero-order valence-corrected chi connectivity index (χ0v) is 14.8. The second-order valence-corrected chi connectivity index (χ2v) is 8.13. The normalized spacial score (nSPS) is 37.3. The van der Waals surface area contributed by atoms with E-state index in [1.807, 2.05) is 0 Å². The van der Waals surface area contributed by atoms with Crippen LogP contribution < -0.4 is 11.1 Å². The van der Waals surface area contributed by atoms with Gasteiger partial charge in [-0.25, -0.2) is 0 Å². The zero-order valence-electron chi connectivity index (χ0n) is 14.8. The Kier molecular flexibility index (Phi) is 5.60. The molecule has 1 amide bonds. The van der Waals surface area contributed by atoms with Gasteiger partial charge in [0.25, 0.3) is 0 Å². The van der Waals surface area contributed by atoms with E-state index in [0.29, 0.717) is 23.9 Å². The van der Waals surface area contributed by atoms with Crippen molar-refractivity contribution in [2.45, 2.75) is 51.1 Å². The molecule has 5 heteroatoms. The number of rotatable bonds is 4. The Hall–Kier alpha value is -0.650. The lowest BCUT2D eigenvalue weighted by Gasteiger charge is -2.43. The minimum Gasteiger partial charge on any atom is -0.354 e. The van der Waals surface area contributed by atoms with Gasteiger partial charge in [0.2, 0.25) is 5.91 Å². The first kappa shape index (κ1) is 17.2. The Morgan fingerprint density at radius 3 is 2.39 bits per heavy atom. The van der Waals surface area contributed by atoms with Crippen molar-refractivity contribution in [3.8, 4) is 0 Å². The van der Waals surface area contributed by atoms with Gasteiger partial charge in [-0.1, -0.05) is 6.42 Å². The van der Waals surface area contributed by atoms with Crippen LogP contribution in [0.1, 0.15) is 39.0 Å². The second-order valence-electron chi connectivity index (χ2n) is 8.13. The van der Waals surface area contributed by atoms with Gasteiger partial charge in [-0.05, 0) is 51.5 Å². The Balaban J connectivity index is 1.44. The van der Waals surface area contributed by atoms with E-state index in [2.05, 4.69) is 29.1 Å². The summed E-state index contributed by atoms with van der Waals surface area (Å²) in [6.07, 6.45) is 5.76. The van der Waals surface area contributed by atoms with Gasteiger partial charge < -0.3 is 16.0 Å². The van der Waals surface area contributed by atoms with E-state index in [0.717, 1.165) is 45.6 Å². The minimum absolute atomic E-state index is 0.199. The molecule has 3 atom stereocenters. The van der Waals surface area contributed by atoms with Crippen LogP contribution in [0.15, 0.2) is 0 Å². The summed E-state index contributed by atoms with van der Waals surface area (Å²) in [7, 11) is 2.18. The highest BCUT2D eigenvalue weighted by Gasteiger charge is 2.40. The lowest BCUT2D eigenvalue weighted by Crippen LogP contribution is -2.53. The number of carbonyl (C=O) groups excluding carboxylic acids is 1. The molecule has 132 valence electrons. The summed E-state index contributed by atoms with van der Waals surface area (Å²) < 4.78 is 0. The Labute approximate surface area is 140 Å². The van der Waals surface area contributed by atoms with Crippen molar-refractivity contribution in [1.82, 2.24) is 15.1 Å². The molecule has 0 aromatic carbocycles. The topological polar surface area (TPSA) is 61.6 Å². The standard InChI is InChI=1S/C18H34N4O/c1-13(22-8-6-21(2)7-9-22)12-20-18(23)16-10-14-4-3-5-15(11-16)17(14)19/h13-17H,3-12,19H2,1-2H3,(H,20,23). The number of nitrogens with one attached hydrogen (secondary N) is 1. The molecular weight excluding hydrogens is 288 g/mol. The number of amides is 1. The number of hydrogen-bond donors (Lipinski definition) is 2. The van der Waals surface area contributed by atoms with Crippen LogP contribution in [-0.2, 0) is 4.79 Å². The van der Waals surface area contributed by atoms with Crippen LogP contribution in [0.3, 0.4) is 0 Å². The fraction of sp³-hybridized carbons (Fsp3) is 0.944. The van der Waals surface area contributed by atoms with Crippen LogP contribution in [0, 0.1) is 17.8 Å².